The van der Waals surface area contributed by atoms with Crippen molar-refractivity contribution in [2.24, 2.45) is 5.92 Å². The Bertz CT molecular complexity index is 208. The second-order valence-electron chi connectivity index (χ2n) is 4.30. The third-order valence-corrected chi connectivity index (χ3v) is 3.46. The van der Waals surface area contributed by atoms with Gasteiger partial charge in [0.05, 0.1) is 18.8 Å². The zero-order chi connectivity index (χ0) is 10.2. The second-order valence-corrected chi connectivity index (χ2v) is 4.30. The van der Waals surface area contributed by atoms with Crippen molar-refractivity contribution < 1.29 is 14.6 Å². The molecule has 0 unspecified atom stereocenters. The van der Waals surface area contributed by atoms with E-state index in [4.69, 9.17) is 16.0 Å². The lowest BCUT2D eigenvalue weighted by atomic mass is 9.77. The third-order valence-electron chi connectivity index (χ3n) is 3.46. The van der Waals surface area contributed by atoms with E-state index in [-0.39, 0.29) is 17.8 Å². The standard InChI is InChI=1S/C10H18O3/c1-7-8-4-3-5-10(13-7,6-12-2)9(8)11/h7-9,11H,3-6H2,1-2H3/t7-,8-,9-,10+/m0/s1/i11T. The van der Waals surface area contributed by atoms with Crippen LogP contribution < -0.4 is 0 Å². The minimum atomic E-state index is -0.348. The van der Waals surface area contributed by atoms with Crippen LogP contribution in [-0.4, -0.2) is 38.1 Å². The Kier molecular flexibility index (Phi) is 2.04. The maximum atomic E-state index is 7.16. The Hall–Kier alpha value is -0.120. The molecule has 0 aromatic heterocycles. The van der Waals surface area contributed by atoms with Crippen LogP contribution in [0.25, 0.3) is 0 Å². The molecule has 0 amide bonds. The van der Waals surface area contributed by atoms with E-state index < -0.39 is 0 Å². The minimum Gasteiger partial charge on any atom is -0.390 e. The summed E-state index contributed by atoms with van der Waals surface area (Å²) in [5.41, 5.74) is -0.348. The summed E-state index contributed by atoms with van der Waals surface area (Å²) in [7, 11) is 1.67. The highest BCUT2D eigenvalue weighted by Crippen LogP contribution is 2.45. The van der Waals surface area contributed by atoms with Crippen molar-refractivity contribution in [2.75, 3.05) is 13.7 Å². The lowest BCUT2D eigenvalue weighted by molar-refractivity contribution is -0.124. The molecule has 76 valence electrons. The summed E-state index contributed by atoms with van der Waals surface area (Å²) in [6, 6.07) is 0. The van der Waals surface area contributed by atoms with Gasteiger partial charge in [0.15, 0.2) is 0 Å². The van der Waals surface area contributed by atoms with Gasteiger partial charge in [-0.05, 0) is 26.2 Å². The molecule has 0 aromatic rings. The number of fused-ring (bicyclic) bond motifs is 2. The molecule has 0 aromatic carbocycles. The lowest BCUT2D eigenvalue weighted by Crippen LogP contribution is -2.47. The molecule has 13 heavy (non-hydrogen) atoms. The first kappa shape index (κ1) is 8.21. The first-order valence-electron chi connectivity index (χ1n) is 5.43. The monoisotopic (exact) mass is 188 g/mol. The van der Waals surface area contributed by atoms with E-state index in [1.165, 1.54) is 0 Å². The molecule has 3 heteroatoms. The predicted octanol–water partition coefficient (Wildman–Crippen LogP) is 0.951. The molecule has 1 heterocycles. The summed E-state index contributed by atoms with van der Waals surface area (Å²) in [4.78, 5) is 0. The normalized spacial score (nSPS) is 50.6. The molecule has 2 rings (SSSR count). The minimum absolute atomic E-state index is 0.105. The summed E-state index contributed by atoms with van der Waals surface area (Å²) in [6.07, 6.45) is 3.30. The Morgan fingerprint density at radius 2 is 2.62 bits per heavy atom. The molecule has 0 radical (unpaired) electrons. The van der Waals surface area contributed by atoms with Gasteiger partial charge in [-0.1, -0.05) is 0 Å². The number of aliphatic hydroxyl groups excluding tert-OH is 1. The van der Waals surface area contributed by atoms with E-state index in [9.17, 15) is 0 Å². The van der Waals surface area contributed by atoms with Crippen LogP contribution in [0.5, 0.6) is 0 Å². The van der Waals surface area contributed by atoms with Crippen molar-refractivity contribution in [2.45, 2.75) is 44.0 Å². The fourth-order valence-corrected chi connectivity index (χ4v) is 2.82. The number of ether oxygens (including phenoxy) is 2. The summed E-state index contributed by atoms with van der Waals surface area (Å²) in [5, 5.41) is 4.85. The van der Waals surface area contributed by atoms with Crippen molar-refractivity contribution in [3.8, 4) is 0 Å². The van der Waals surface area contributed by atoms with Crippen LogP contribution in [-0.2, 0) is 9.47 Å². The maximum absolute atomic E-state index is 7.16. The van der Waals surface area contributed by atoms with Crippen LogP contribution in [0.3, 0.4) is 0 Å². The maximum Gasteiger partial charge on any atom is 0.211 e. The number of aliphatic hydroxyl groups is 1. The van der Waals surface area contributed by atoms with E-state index in [0.717, 1.165) is 19.3 Å². The van der Waals surface area contributed by atoms with E-state index >= 15 is 0 Å². The number of methoxy groups -OCH3 is 1. The van der Waals surface area contributed by atoms with E-state index in [0.29, 0.717) is 12.5 Å². The van der Waals surface area contributed by atoms with Crippen LogP contribution in [0.4, 0.5) is 0 Å². The average Bonchev–Trinajstić information content (AvgIpc) is 2.30. The molecule has 1 aliphatic heterocycles. The van der Waals surface area contributed by atoms with Crippen molar-refractivity contribution in [3.63, 3.8) is 0 Å². The highest BCUT2D eigenvalue weighted by atomic mass is 16.6. The summed E-state index contributed by atoms with van der Waals surface area (Å²) < 4.78 is 18.3. The fourth-order valence-electron chi connectivity index (χ4n) is 2.82. The molecule has 1 N–H and O–H groups in total. The highest BCUT2D eigenvalue weighted by Gasteiger charge is 2.54. The van der Waals surface area contributed by atoms with Gasteiger partial charge in [-0.15, -0.1) is 0 Å². The van der Waals surface area contributed by atoms with Gasteiger partial charge in [0.25, 0.3) is 0 Å². The van der Waals surface area contributed by atoms with E-state index in [2.05, 4.69) is 6.92 Å². The topological polar surface area (TPSA) is 38.7 Å². The largest absolute Gasteiger partial charge is 0.390 e. The zero-order valence-electron chi connectivity index (χ0n) is 9.29. The van der Waals surface area contributed by atoms with Crippen molar-refractivity contribution in [1.29, 1.82) is 1.43 Å². The van der Waals surface area contributed by atoms with Gasteiger partial charge in [-0.2, -0.15) is 0 Å². The zero-order valence-corrected chi connectivity index (χ0v) is 8.29. The van der Waals surface area contributed by atoms with Gasteiger partial charge in [0, 0.05) is 13.0 Å². The van der Waals surface area contributed by atoms with Crippen molar-refractivity contribution >= 4 is 0 Å². The van der Waals surface area contributed by atoms with E-state index in [1.54, 1.807) is 7.11 Å². The SMILES string of the molecule is [3H]O[C@H]1[C@H]2CCC[C@]1(COC)O[C@H]2C. The summed E-state index contributed by atoms with van der Waals surface area (Å²) >= 11 is 0. The van der Waals surface area contributed by atoms with E-state index in [1.807, 2.05) is 0 Å². The molecule has 3 nitrogen and oxygen atoms in total. The molecule has 1 saturated carbocycles. The average molecular weight is 188 g/mol. The van der Waals surface area contributed by atoms with Gasteiger partial charge in [0.1, 0.15) is 5.60 Å². The summed E-state index contributed by atoms with van der Waals surface area (Å²) in [6.45, 7) is 2.61. The van der Waals surface area contributed by atoms with Gasteiger partial charge in [-0.3, -0.25) is 0 Å². The van der Waals surface area contributed by atoms with Gasteiger partial charge in [-0.25, -0.2) is 0 Å². The molecule has 1 aliphatic carbocycles. The van der Waals surface area contributed by atoms with Crippen molar-refractivity contribution in [3.05, 3.63) is 0 Å². The second kappa shape index (κ2) is 3.23. The van der Waals surface area contributed by atoms with Gasteiger partial charge < -0.3 is 14.6 Å². The molecule has 1 saturated heterocycles. The third kappa shape index (κ3) is 1.30. The smallest absolute Gasteiger partial charge is 0.211 e. The Morgan fingerprint density at radius 1 is 1.77 bits per heavy atom. The Balaban J connectivity index is 2.20. The Morgan fingerprint density at radius 3 is 3.31 bits per heavy atom. The molecule has 2 fully saturated rings. The predicted molar refractivity (Wildman–Crippen MR) is 48.5 cm³/mol. The first-order chi connectivity index (χ1) is 6.73. The number of hydrogen-bond donors (Lipinski definition) is 1. The quantitative estimate of drug-likeness (QED) is 0.716. The van der Waals surface area contributed by atoms with Crippen molar-refractivity contribution in [1.82, 2.24) is 0 Å². The molecule has 0 spiro atoms. The lowest BCUT2D eigenvalue weighted by Gasteiger charge is -2.35. The van der Waals surface area contributed by atoms with Gasteiger partial charge in [0.2, 0.25) is 1.43 Å². The van der Waals surface area contributed by atoms with Gasteiger partial charge >= 0.3 is 0 Å². The number of hydrogen-bond acceptors (Lipinski definition) is 3. The highest BCUT2D eigenvalue weighted by molar-refractivity contribution is 5.03. The fraction of sp³-hybridized carbons (Fsp3) is 1.00. The van der Waals surface area contributed by atoms with Crippen LogP contribution >= 0.6 is 0 Å². The van der Waals surface area contributed by atoms with Crippen LogP contribution in [0.2, 0.25) is 0 Å². The summed E-state index contributed by atoms with van der Waals surface area (Å²) in [5.74, 6) is 0.372. The number of rotatable bonds is 3. The van der Waals surface area contributed by atoms with Crippen LogP contribution in [0, 0.1) is 5.92 Å². The molecule has 2 aliphatic rings. The van der Waals surface area contributed by atoms with Crippen LogP contribution in [0.15, 0.2) is 0 Å². The molecular formula is C10H18O3. The first-order valence-corrected chi connectivity index (χ1v) is 5.02. The van der Waals surface area contributed by atoms with Crippen LogP contribution in [0.1, 0.15) is 26.2 Å². The molecule has 2 bridgehead atoms. The molecular weight excluding hydrogens is 168 g/mol. The molecule has 4 atom stereocenters. The Labute approximate surface area is 80.5 Å².